The van der Waals surface area contributed by atoms with Crippen LogP contribution >= 0.6 is 0 Å². The van der Waals surface area contributed by atoms with Crippen molar-refractivity contribution in [3.05, 3.63) is 24.3 Å². The lowest BCUT2D eigenvalue weighted by atomic mass is 10.1. The van der Waals surface area contributed by atoms with E-state index in [2.05, 4.69) is 10.0 Å². The first-order valence-electron chi connectivity index (χ1n) is 7.44. The van der Waals surface area contributed by atoms with E-state index in [1.165, 1.54) is 19.2 Å². The summed E-state index contributed by atoms with van der Waals surface area (Å²) in [6.07, 6.45) is 4.07. The Morgan fingerprint density at radius 3 is 2.41 bits per heavy atom. The molecule has 0 atom stereocenters. The van der Waals surface area contributed by atoms with Crippen LogP contribution in [0.3, 0.4) is 0 Å². The van der Waals surface area contributed by atoms with Crippen molar-refractivity contribution in [1.82, 2.24) is 10.0 Å². The first-order valence-corrected chi connectivity index (χ1v) is 8.92. The smallest absolute Gasteiger partial charge is 0.240 e. The van der Waals surface area contributed by atoms with Gasteiger partial charge in [-0.2, -0.15) is 0 Å². The molecule has 1 saturated carbocycles. The summed E-state index contributed by atoms with van der Waals surface area (Å²) in [5.41, 5.74) is 0. The molecule has 122 valence electrons. The molecule has 6 nitrogen and oxygen atoms in total. The highest BCUT2D eigenvalue weighted by atomic mass is 32.2. The second-order valence-corrected chi connectivity index (χ2v) is 7.11. The van der Waals surface area contributed by atoms with E-state index in [0.29, 0.717) is 12.3 Å². The average Bonchev–Trinajstić information content (AvgIpc) is 3.06. The van der Waals surface area contributed by atoms with Crippen molar-refractivity contribution in [2.45, 2.75) is 30.6 Å². The molecule has 7 heteroatoms. The van der Waals surface area contributed by atoms with Gasteiger partial charge in [-0.15, -0.1) is 0 Å². The van der Waals surface area contributed by atoms with E-state index in [1.807, 2.05) is 0 Å². The minimum absolute atomic E-state index is 0.0288. The quantitative estimate of drug-likeness (QED) is 0.739. The highest BCUT2D eigenvalue weighted by Crippen LogP contribution is 2.24. The van der Waals surface area contributed by atoms with Gasteiger partial charge in [-0.3, -0.25) is 4.79 Å². The zero-order chi connectivity index (χ0) is 16.0. The van der Waals surface area contributed by atoms with Crippen molar-refractivity contribution in [2.24, 2.45) is 5.92 Å². The molecular formula is C15H22N2O4S. The largest absolute Gasteiger partial charge is 0.497 e. The highest BCUT2D eigenvalue weighted by Gasteiger charge is 2.22. The Labute approximate surface area is 131 Å². The third-order valence-corrected chi connectivity index (χ3v) is 5.29. The SMILES string of the molecule is COc1ccc(S(=O)(=O)NCCNC(=O)C2CCCC2)cc1. The lowest BCUT2D eigenvalue weighted by Crippen LogP contribution is -2.37. The lowest BCUT2D eigenvalue weighted by molar-refractivity contribution is -0.124. The highest BCUT2D eigenvalue weighted by molar-refractivity contribution is 7.89. The topological polar surface area (TPSA) is 84.5 Å². The molecule has 2 N–H and O–H groups in total. The van der Waals surface area contributed by atoms with Crippen LogP contribution in [0, 0.1) is 5.92 Å². The molecule has 1 amide bonds. The lowest BCUT2D eigenvalue weighted by Gasteiger charge is -2.11. The molecule has 2 rings (SSSR count). The molecule has 0 unspecified atom stereocenters. The van der Waals surface area contributed by atoms with Gasteiger partial charge in [0.15, 0.2) is 0 Å². The van der Waals surface area contributed by atoms with Gasteiger partial charge in [0.1, 0.15) is 5.75 Å². The summed E-state index contributed by atoms with van der Waals surface area (Å²) >= 11 is 0. The van der Waals surface area contributed by atoms with Crippen molar-refractivity contribution in [3.8, 4) is 5.75 Å². The summed E-state index contributed by atoms with van der Waals surface area (Å²) in [5.74, 6) is 0.724. The van der Waals surface area contributed by atoms with Gasteiger partial charge < -0.3 is 10.1 Å². The van der Waals surface area contributed by atoms with Gasteiger partial charge in [0.2, 0.25) is 15.9 Å². The standard InChI is InChI=1S/C15H22N2O4S/c1-21-13-6-8-14(9-7-13)22(19,20)17-11-10-16-15(18)12-4-2-3-5-12/h6-9,12,17H,2-5,10-11H2,1H3,(H,16,18). The van der Waals surface area contributed by atoms with Gasteiger partial charge in [0.05, 0.1) is 12.0 Å². The molecule has 0 bridgehead atoms. The number of rotatable bonds is 7. The summed E-state index contributed by atoms with van der Waals surface area (Å²) in [7, 11) is -2.04. The molecular weight excluding hydrogens is 304 g/mol. The first-order chi connectivity index (χ1) is 10.5. The monoisotopic (exact) mass is 326 g/mol. The molecule has 0 heterocycles. The number of sulfonamides is 1. The fraction of sp³-hybridized carbons (Fsp3) is 0.533. The number of carbonyl (C=O) groups is 1. The summed E-state index contributed by atoms with van der Waals surface area (Å²) in [4.78, 5) is 12.0. The molecule has 22 heavy (non-hydrogen) atoms. The predicted octanol–water partition coefficient (Wildman–Crippen LogP) is 1.28. The molecule has 1 aromatic rings. The van der Waals surface area contributed by atoms with Gasteiger partial charge in [-0.25, -0.2) is 13.1 Å². The average molecular weight is 326 g/mol. The summed E-state index contributed by atoms with van der Waals surface area (Å²) in [6.45, 7) is 0.470. The minimum atomic E-state index is -3.56. The van der Waals surface area contributed by atoms with E-state index in [4.69, 9.17) is 4.74 Å². The number of hydrogen-bond acceptors (Lipinski definition) is 4. The minimum Gasteiger partial charge on any atom is -0.497 e. The van der Waals surface area contributed by atoms with Gasteiger partial charge in [0, 0.05) is 19.0 Å². The number of methoxy groups -OCH3 is 1. The Hall–Kier alpha value is -1.60. The Bertz CT molecular complexity index is 592. The predicted molar refractivity (Wildman–Crippen MR) is 83.2 cm³/mol. The Balaban J connectivity index is 1.78. The molecule has 1 aliphatic carbocycles. The van der Waals surface area contributed by atoms with Crippen LogP contribution in [0.1, 0.15) is 25.7 Å². The van der Waals surface area contributed by atoms with E-state index < -0.39 is 10.0 Å². The summed E-state index contributed by atoms with van der Waals surface area (Å²) < 4.78 is 31.6. The summed E-state index contributed by atoms with van der Waals surface area (Å²) in [6, 6.07) is 6.16. The molecule has 1 aliphatic rings. The molecule has 0 aromatic heterocycles. The van der Waals surface area contributed by atoms with Crippen molar-refractivity contribution in [1.29, 1.82) is 0 Å². The zero-order valence-corrected chi connectivity index (χ0v) is 13.5. The van der Waals surface area contributed by atoms with Crippen molar-refractivity contribution in [3.63, 3.8) is 0 Å². The van der Waals surface area contributed by atoms with E-state index in [9.17, 15) is 13.2 Å². The molecule has 0 saturated heterocycles. The summed E-state index contributed by atoms with van der Waals surface area (Å²) in [5, 5.41) is 2.78. The van der Waals surface area contributed by atoms with Crippen LogP contribution in [0.5, 0.6) is 5.75 Å². The van der Waals surface area contributed by atoms with Crippen LogP contribution in [0.2, 0.25) is 0 Å². The van der Waals surface area contributed by atoms with Crippen LogP contribution in [0.15, 0.2) is 29.2 Å². The van der Waals surface area contributed by atoms with Crippen LogP contribution in [-0.2, 0) is 14.8 Å². The number of hydrogen-bond donors (Lipinski definition) is 2. The second-order valence-electron chi connectivity index (χ2n) is 5.35. The fourth-order valence-corrected chi connectivity index (χ4v) is 3.57. The third kappa shape index (κ3) is 4.45. The normalized spacial score (nSPS) is 15.7. The number of nitrogens with one attached hydrogen (secondary N) is 2. The Morgan fingerprint density at radius 1 is 1.18 bits per heavy atom. The maximum atomic E-state index is 12.1. The molecule has 1 fully saturated rings. The van der Waals surface area contributed by atoms with Crippen molar-refractivity contribution in [2.75, 3.05) is 20.2 Å². The maximum Gasteiger partial charge on any atom is 0.240 e. The maximum absolute atomic E-state index is 12.1. The van der Waals surface area contributed by atoms with E-state index in [1.54, 1.807) is 12.1 Å². The molecule has 1 aromatic carbocycles. The zero-order valence-electron chi connectivity index (χ0n) is 12.7. The van der Waals surface area contributed by atoms with Crippen LogP contribution in [0.25, 0.3) is 0 Å². The van der Waals surface area contributed by atoms with E-state index >= 15 is 0 Å². The number of ether oxygens (including phenoxy) is 1. The Morgan fingerprint density at radius 2 is 1.82 bits per heavy atom. The molecule has 0 aliphatic heterocycles. The number of carbonyl (C=O) groups excluding carboxylic acids is 1. The third-order valence-electron chi connectivity index (χ3n) is 3.81. The van der Waals surface area contributed by atoms with Crippen LogP contribution in [0.4, 0.5) is 0 Å². The van der Waals surface area contributed by atoms with Crippen molar-refractivity contribution >= 4 is 15.9 Å². The van der Waals surface area contributed by atoms with Crippen molar-refractivity contribution < 1.29 is 17.9 Å². The first kappa shape index (κ1) is 16.8. The number of benzene rings is 1. The van der Waals surface area contributed by atoms with Gasteiger partial charge in [-0.05, 0) is 37.1 Å². The Kier molecular flexibility index (Phi) is 5.79. The molecule has 0 radical (unpaired) electrons. The van der Waals surface area contributed by atoms with Crippen LogP contribution in [-0.4, -0.2) is 34.5 Å². The fourth-order valence-electron chi connectivity index (χ4n) is 2.54. The van der Waals surface area contributed by atoms with E-state index in [-0.39, 0.29) is 23.3 Å². The molecule has 0 spiro atoms. The second kappa shape index (κ2) is 7.60. The van der Waals surface area contributed by atoms with Gasteiger partial charge in [-0.1, -0.05) is 12.8 Å². The van der Waals surface area contributed by atoms with Gasteiger partial charge in [0.25, 0.3) is 0 Å². The number of amides is 1. The van der Waals surface area contributed by atoms with Crippen LogP contribution < -0.4 is 14.8 Å². The van der Waals surface area contributed by atoms with E-state index in [0.717, 1.165) is 25.7 Å². The van der Waals surface area contributed by atoms with Gasteiger partial charge >= 0.3 is 0 Å².